The molecule has 9 heteroatoms. The van der Waals surface area contributed by atoms with Gasteiger partial charge in [-0.15, -0.1) is 0 Å². The molecule has 222 valence electrons. The van der Waals surface area contributed by atoms with Crippen molar-refractivity contribution in [3.63, 3.8) is 0 Å². The van der Waals surface area contributed by atoms with E-state index in [1.54, 1.807) is 28.4 Å². The zero-order valence-corrected chi connectivity index (χ0v) is 28.9. The van der Waals surface area contributed by atoms with Crippen LogP contribution in [0.2, 0.25) is 0 Å². The Hall–Kier alpha value is -0.817. The smallest absolute Gasteiger partial charge is 0.0382 e. The Balaban J connectivity index is 0.000000706. The van der Waals surface area contributed by atoms with Crippen molar-refractivity contribution < 1.29 is 55.8 Å². The first-order valence-electron chi connectivity index (χ1n) is 13.2. The Morgan fingerprint density at radius 1 is 1.03 bits per heavy atom. The number of hydrogen-bond donors (Lipinski definition) is 1. The summed E-state index contributed by atoms with van der Waals surface area (Å²) in [6, 6.07) is 12.2. The third-order valence-electron chi connectivity index (χ3n) is 6.88. The fourth-order valence-corrected chi connectivity index (χ4v) is 6.65. The Bertz CT molecular complexity index is 1160. The molecule has 0 aliphatic carbocycles. The molecule has 0 aromatic heterocycles. The van der Waals surface area contributed by atoms with E-state index in [4.69, 9.17) is 4.74 Å². The topological polar surface area (TPSA) is 58.6 Å². The van der Waals surface area contributed by atoms with Gasteiger partial charge in [-0.1, -0.05) is 45.9 Å². The van der Waals surface area contributed by atoms with Crippen molar-refractivity contribution in [2.24, 2.45) is 5.41 Å². The first-order valence-corrected chi connectivity index (χ1v) is 15.7. The van der Waals surface area contributed by atoms with Crippen LogP contribution in [0, 0.1) is 5.41 Å². The van der Waals surface area contributed by atoms with Crippen molar-refractivity contribution >= 4 is 14.6 Å². The van der Waals surface area contributed by atoms with Crippen LogP contribution < -0.4 is 34.9 Å². The number of hydrogen-bond acceptors (Lipinski definition) is 4. The van der Waals surface area contributed by atoms with Crippen LogP contribution >= 0.6 is 0 Å². The maximum Gasteiger partial charge on any atom is 0.0382 e. The standard InChI is InChI=1S/C18H29N.C12H17NO3S.2ClH.Ru/c1-7-13-10-9-11-14(8-2)15(13)16-17(3,4)12-18(5,6)19-16;1-5-8-16-12-7-6-11(9-10(12)2)17(14,15)13(3)4;;;/h9-11,16,19H,7-8,12H2,1-6H3;2,6-7,9H,5,8H2,1,3-4H3;2*1H;/q;;;;+2/p-2. The molecule has 0 bridgehead atoms. The monoisotopic (exact) mass is 686 g/mol. The zero-order valence-electron chi connectivity index (χ0n) is 24.8. The predicted molar refractivity (Wildman–Crippen MR) is 152 cm³/mol. The van der Waals surface area contributed by atoms with E-state index in [-0.39, 0.29) is 35.2 Å². The average Bonchev–Trinajstić information content (AvgIpc) is 3.08. The van der Waals surface area contributed by atoms with Crippen LogP contribution in [0.15, 0.2) is 41.3 Å². The summed E-state index contributed by atoms with van der Waals surface area (Å²) < 4.78 is 32.5. The molecule has 1 atom stereocenters. The molecule has 1 aliphatic rings. The van der Waals surface area contributed by atoms with Gasteiger partial charge < -0.3 is 30.1 Å². The van der Waals surface area contributed by atoms with Gasteiger partial charge in [0.05, 0.1) is 0 Å². The molecule has 2 aromatic rings. The Kier molecular flexibility index (Phi) is 15.7. The van der Waals surface area contributed by atoms with Crippen LogP contribution in [-0.4, -0.2) is 43.6 Å². The van der Waals surface area contributed by atoms with Gasteiger partial charge in [0.25, 0.3) is 0 Å². The van der Waals surface area contributed by atoms with E-state index in [0.717, 1.165) is 24.8 Å². The molecular weight excluding hydrogens is 640 g/mol. The number of rotatable bonds is 9. The second-order valence-electron chi connectivity index (χ2n) is 11.3. The van der Waals surface area contributed by atoms with Crippen molar-refractivity contribution in [1.29, 1.82) is 0 Å². The second-order valence-corrected chi connectivity index (χ2v) is 13.9. The minimum atomic E-state index is -3.40. The normalized spacial score (nSPS) is 17.3. The number of ether oxygens (including phenoxy) is 1. The maximum atomic E-state index is 12.0. The van der Waals surface area contributed by atoms with Crippen LogP contribution in [0.25, 0.3) is 0 Å². The van der Waals surface area contributed by atoms with E-state index in [1.807, 2.05) is 6.92 Å². The molecule has 0 amide bonds. The van der Waals surface area contributed by atoms with Crippen LogP contribution in [0.4, 0.5) is 0 Å². The van der Waals surface area contributed by atoms with Crippen molar-refractivity contribution in [1.82, 2.24) is 9.62 Å². The number of aryl methyl sites for hydroxylation is 2. The first-order chi connectivity index (χ1) is 17.2. The number of nitrogens with zero attached hydrogens (tertiary/aromatic N) is 1. The van der Waals surface area contributed by atoms with E-state index < -0.39 is 10.0 Å². The molecule has 5 nitrogen and oxygen atoms in total. The van der Waals surface area contributed by atoms with E-state index >= 15 is 0 Å². The van der Waals surface area contributed by atoms with Crippen molar-refractivity contribution in [2.45, 2.75) is 90.6 Å². The molecule has 0 saturated carbocycles. The fraction of sp³-hybridized carbons (Fsp3) is 0.567. The van der Waals surface area contributed by atoms with Gasteiger partial charge in [-0.3, -0.25) is 0 Å². The number of halogens is 2. The van der Waals surface area contributed by atoms with Crippen molar-refractivity contribution in [3.8, 4) is 5.75 Å². The molecule has 1 aliphatic heterocycles. The molecular formula is C30H46Cl2N2O3RuS. The van der Waals surface area contributed by atoms with E-state index in [2.05, 4.69) is 82.9 Å². The van der Waals surface area contributed by atoms with Crippen molar-refractivity contribution in [2.75, 3.05) is 20.7 Å². The molecule has 2 aromatic carbocycles. The van der Waals surface area contributed by atoms with E-state index in [0.29, 0.717) is 23.8 Å². The molecule has 1 heterocycles. The van der Waals surface area contributed by atoms with Crippen LogP contribution in [0.3, 0.4) is 0 Å². The van der Waals surface area contributed by atoms with Gasteiger partial charge in [0, 0.05) is 11.6 Å². The van der Waals surface area contributed by atoms with Gasteiger partial charge in [0.15, 0.2) is 0 Å². The quantitative estimate of drug-likeness (QED) is 0.381. The van der Waals surface area contributed by atoms with Crippen LogP contribution in [0.1, 0.15) is 89.6 Å². The van der Waals surface area contributed by atoms with E-state index in [1.165, 1.54) is 35.9 Å². The average molecular weight is 687 g/mol. The molecule has 1 N–H and O–H groups in total. The van der Waals surface area contributed by atoms with Gasteiger partial charge >= 0.3 is 118 Å². The molecule has 0 spiro atoms. The number of nitrogens with one attached hydrogen (secondary N) is 1. The summed E-state index contributed by atoms with van der Waals surface area (Å²) in [5.74, 6) is 0.702. The Morgan fingerprint density at radius 3 is 2.00 bits per heavy atom. The first kappa shape index (κ1) is 38.2. The second kappa shape index (κ2) is 16.0. The molecule has 0 radical (unpaired) electrons. The van der Waals surface area contributed by atoms with Gasteiger partial charge in [0.2, 0.25) is 0 Å². The summed E-state index contributed by atoms with van der Waals surface area (Å²) in [5, 5.41) is 3.89. The Labute approximate surface area is 259 Å². The van der Waals surface area contributed by atoms with Gasteiger partial charge in [0.1, 0.15) is 0 Å². The largest absolute Gasteiger partial charge is 1.00 e. The summed E-state index contributed by atoms with van der Waals surface area (Å²) in [7, 11) is -0.366. The van der Waals surface area contributed by atoms with Crippen LogP contribution in [0.5, 0.6) is 5.75 Å². The van der Waals surface area contributed by atoms with E-state index in [9.17, 15) is 8.42 Å². The summed E-state index contributed by atoms with van der Waals surface area (Å²) in [6.45, 7) is 16.7. The zero-order chi connectivity index (χ0) is 28.0. The maximum absolute atomic E-state index is 12.0. The predicted octanol–water partition coefficient (Wildman–Crippen LogP) is 0.0814. The van der Waals surface area contributed by atoms with Crippen molar-refractivity contribution in [3.05, 3.63) is 58.7 Å². The summed E-state index contributed by atoms with van der Waals surface area (Å²) >= 11 is 2.37. The number of benzene rings is 2. The summed E-state index contributed by atoms with van der Waals surface area (Å²) in [6.07, 6.45) is 4.39. The fourth-order valence-electron chi connectivity index (χ4n) is 5.32. The van der Waals surface area contributed by atoms with Gasteiger partial charge in [-0.25, -0.2) is 0 Å². The third kappa shape index (κ3) is 9.62. The minimum absolute atomic E-state index is 0. The van der Waals surface area contributed by atoms with Gasteiger partial charge in [-0.05, 0) is 55.2 Å². The molecule has 39 heavy (non-hydrogen) atoms. The molecule has 1 unspecified atom stereocenters. The van der Waals surface area contributed by atoms with Gasteiger partial charge in [-0.2, -0.15) is 0 Å². The molecule has 1 fully saturated rings. The summed E-state index contributed by atoms with van der Waals surface area (Å²) in [5.41, 5.74) is 5.93. The molecule has 3 rings (SSSR count). The SMILES string of the molecule is CCCOc1ccc(S(=O)(=O)N(C)C)cc1[CH]=[Ru+2].CCc1cccc(CC)c1C1NC(C)(C)CC1(C)C.[Cl-].[Cl-]. The minimum Gasteiger partial charge on any atom is -1.00 e. The molecule has 1 saturated heterocycles. The third-order valence-corrected chi connectivity index (χ3v) is 9.23. The Morgan fingerprint density at radius 2 is 1.59 bits per heavy atom. The summed E-state index contributed by atoms with van der Waals surface area (Å²) in [4.78, 5) is 0.271. The number of sulfonamides is 1. The van der Waals surface area contributed by atoms with Crippen LogP contribution in [-0.2, 0) is 40.7 Å².